The molecule has 0 aromatic heterocycles. The van der Waals surface area contributed by atoms with E-state index in [1.165, 1.54) is 57.8 Å². The summed E-state index contributed by atoms with van der Waals surface area (Å²) in [7, 11) is 0. The van der Waals surface area contributed by atoms with Gasteiger partial charge in [0, 0.05) is 6.04 Å². The summed E-state index contributed by atoms with van der Waals surface area (Å²) in [6.45, 7) is 2.25. The van der Waals surface area contributed by atoms with Gasteiger partial charge < -0.3 is 5.32 Å². The highest BCUT2D eigenvalue weighted by molar-refractivity contribution is 5.79. The standard InChI is InChI=1S/C14H28N4/c1-11(12-7-5-6-8-12)16-14(18-15)17-13-9-3-2-4-10-13/h11-13H,2-10,15H2,1H3,(H2,16,17,18). The van der Waals surface area contributed by atoms with E-state index in [0.717, 1.165) is 11.9 Å². The predicted octanol–water partition coefficient (Wildman–Crippen LogP) is 2.31. The fraction of sp³-hybridized carbons (Fsp3) is 0.929. The van der Waals surface area contributed by atoms with Gasteiger partial charge in [0.2, 0.25) is 5.96 Å². The lowest BCUT2D eigenvalue weighted by molar-refractivity contribution is 0.414. The maximum absolute atomic E-state index is 5.59. The molecule has 2 saturated carbocycles. The van der Waals surface area contributed by atoms with Gasteiger partial charge in [0.25, 0.3) is 0 Å². The zero-order chi connectivity index (χ0) is 12.8. The Morgan fingerprint density at radius 2 is 1.67 bits per heavy atom. The Kier molecular flexibility index (Phi) is 5.29. The number of nitrogens with one attached hydrogen (secondary N) is 2. The van der Waals surface area contributed by atoms with Crippen LogP contribution in [0.5, 0.6) is 0 Å². The summed E-state index contributed by atoms with van der Waals surface area (Å²) in [6, 6.07) is 0.943. The van der Waals surface area contributed by atoms with Crippen LogP contribution >= 0.6 is 0 Å². The van der Waals surface area contributed by atoms with Crippen molar-refractivity contribution in [1.82, 2.24) is 10.7 Å². The molecule has 0 heterocycles. The lowest BCUT2D eigenvalue weighted by atomic mass is 9.96. The van der Waals surface area contributed by atoms with Crippen molar-refractivity contribution in [3.05, 3.63) is 0 Å². The lowest BCUT2D eigenvalue weighted by Crippen LogP contribution is -2.48. The van der Waals surface area contributed by atoms with Crippen LogP contribution < -0.4 is 16.6 Å². The van der Waals surface area contributed by atoms with E-state index in [-0.39, 0.29) is 0 Å². The molecule has 18 heavy (non-hydrogen) atoms. The smallest absolute Gasteiger partial charge is 0.206 e. The SMILES string of the molecule is CC(NC(=NC1CCCCC1)NN)C1CCCC1. The predicted molar refractivity (Wildman–Crippen MR) is 76.2 cm³/mol. The molecule has 0 bridgehead atoms. The molecule has 4 heteroatoms. The minimum atomic E-state index is 0.466. The molecular weight excluding hydrogens is 224 g/mol. The number of hydrazine groups is 1. The van der Waals surface area contributed by atoms with Crippen molar-refractivity contribution in [2.45, 2.75) is 76.8 Å². The van der Waals surface area contributed by atoms with Gasteiger partial charge >= 0.3 is 0 Å². The first-order chi connectivity index (χ1) is 8.79. The molecule has 4 nitrogen and oxygen atoms in total. The number of nitrogens with two attached hydrogens (primary N) is 1. The minimum absolute atomic E-state index is 0.466. The van der Waals surface area contributed by atoms with Gasteiger partial charge in [0.1, 0.15) is 0 Å². The van der Waals surface area contributed by atoms with Gasteiger partial charge in [-0.1, -0.05) is 32.1 Å². The summed E-state index contributed by atoms with van der Waals surface area (Å²) in [5.41, 5.74) is 2.74. The molecule has 2 rings (SSSR count). The zero-order valence-electron chi connectivity index (χ0n) is 11.6. The van der Waals surface area contributed by atoms with E-state index in [0.29, 0.717) is 12.1 Å². The van der Waals surface area contributed by atoms with Gasteiger partial charge in [-0.2, -0.15) is 0 Å². The van der Waals surface area contributed by atoms with Gasteiger partial charge in [-0.15, -0.1) is 0 Å². The van der Waals surface area contributed by atoms with E-state index in [4.69, 9.17) is 10.8 Å². The third kappa shape index (κ3) is 3.87. The van der Waals surface area contributed by atoms with Crippen molar-refractivity contribution in [3.63, 3.8) is 0 Å². The van der Waals surface area contributed by atoms with Crippen LogP contribution in [-0.2, 0) is 0 Å². The van der Waals surface area contributed by atoms with Gasteiger partial charge in [0.05, 0.1) is 6.04 Å². The largest absolute Gasteiger partial charge is 0.353 e. The van der Waals surface area contributed by atoms with Crippen molar-refractivity contribution in [2.24, 2.45) is 16.8 Å². The third-order valence-corrected chi connectivity index (χ3v) is 4.49. The molecule has 0 aromatic carbocycles. The molecule has 2 aliphatic carbocycles. The molecule has 0 saturated heterocycles. The Morgan fingerprint density at radius 1 is 1.06 bits per heavy atom. The second-order valence-electron chi connectivity index (χ2n) is 5.89. The summed E-state index contributed by atoms with van der Waals surface area (Å²) in [6.07, 6.45) is 11.8. The first-order valence-corrected chi connectivity index (χ1v) is 7.60. The molecule has 0 amide bonds. The summed E-state index contributed by atoms with van der Waals surface area (Å²) < 4.78 is 0. The Labute approximate surface area is 111 Å². The van der Waals surface area contributed by atoms with E-state index < -0.39 is 0 Å². The van der Waals surface area contributed by atoms with Crippen LogP contribution in [0.2, 0.25) is 0 Å². The van der Waals surface area contributed by atoms with Crippen LogP contribution in [0.25, 0.3) is 0 Å². The summed E-state index contributed by atoms with van der Waals surface area (Å²) in [5.74, 6) is 7.17. The first-order valence-electron chi connectivity index (χ1n) is 7.60. The quantitative estimate of drug-likeness (QED) is 0.312. The summed E-state index contributed by atoms with van der Waals surface area (Å²) in [5, 5.41) is 3.47. The minimum Gasteiger partial charge on any atom is -0.353 e. The average molecular weight is 252 g/mol. The molecule has 2 fully saturated rings. The number of aliphatic imine (C=N–C) groups is 1. The number of rotatable bonds is 3. The van der Waals surface area contributed by atoms with Gasteiger partial charge in [-0.25, -0.2) is 10.8 Å². The Balaban J connectivity index is 1.84. The molecule has 1 atom stereocenters. The molecule has 4 N–H and O–H groups in total. The monoisotopic (exact) mass is 252 g/mol. The van der Waals surface area contributed by atoms with Crippen LogP contribution in [0.4, 0.5) is 0 Å². The summed E-state index contributed by atoms with van der Waals surface area (Å²) >= 11 is 0. The molecule has 0 aromatic rings. The normalized spacial score (nSPS) is 25.1. The van der Waals surface area contributed by atoms with Crippen molar-refractivity contribution in [1.29, 1.82) is 0 Å². The second kappa shape index (κ2) is 6.98. The molecule has 0 spiro atoms. The van der Waals surface area contributed by atoms with Crippen LogP contribution in [0.1, 0.15) is 64.7 Å². The maximum atomic E-state index is 5.59. The van der Waals surface area contributed by atoms with Gasteiger partial charge in [0.15, 0.2) is 0 Å². The van der Waals surface area contributed by atoms with Crippen LogP contribution in [0.15, 0.2) is 4.99 Å². The average Bonchev–Trinajstić information content (AvgIpc) is 2.93. The van der Waals surface area contributed by atoms with Crippen LogP contribution in [0.3, 0.4) is 0 Å². The van der Waals surface area contributed by atoms with Crippen LogP contribution in [0, 0.1) is 5.92 Å². The highest BCUT2D eigenvalue weighted by Crippen LogP contribution is 2.27. The lowest BCUT2D eigenvalue weighted by Gasteiger charge is -2.24. The van der Waals surface area contributed by atoms with E-state index in [9.17, 15) is 0 Å². The first kappa shape index (κ1) is 13.7. The van der Waals surface area contributed by atoms with E-state index in [2.05, 4.69) is 17.7 Å². The molecule has 2 aliphatic rings. The van der Waals surface area contributed by atoms with E-state index in [1.807, 2.05) is 0 Å². The number of nitrogens with zero attached hydrogens (tertiary/aromatic N) is 1. The second-order valence-corrected chi connectivity index (χ2v) is 5.89. The molecule has 0 radical (unpaired) electrons. The Bertz CT molecular complexity index is 265. The number of guanidine groups is 1. The van der Waals surface area contributed by atoms with Gasteiger partial charge in [-0.05, 0) is 38.5 Å². The van der Waals surface area contributed by atoms with Crippen molar-refractivity contribution in [2.75, 3.05) is 0 Å². The summed E-state index contributed by atoms with van der Waals surface area (Å²) in [4.78, 5) is 4.73. The Morgan fingerprint density at radius 3 is 2.28 bits per heavy atom. The molecule has 104 valence electrons. The highest BCUT2D eigenvalue weighted by atomic mass is 15.3. The van der Waals surface area contributed by atoms with Crippen LogP contribution in [-0.4, -0.2) is 18.0 Å². The number of hydrogen-bond acceptors (Lipinski definition) is 2. The fourth-order valence-corrected chi connectivity index (χ4v) is 3.30. The highest BCUT2D eigenvalue weighted by Gasteiger charge is 2.22. The van der Waals surface area contributed by atoms with Crippen molar-refractivity contribution < 1.29 is 0 Å². The fourth-order valence-electron chi connectivity index (χ4n) is 3.30. The molecular formula is C14H28N4. The van der Waals surface area contributed by atoms with Crippen molar-refractivity contribution >= 4 is 5.96 Å². The zero-order valence-corrected chi connectivity index (χ0v) is 11.6. The van der Waals surface area contributed by atoms with E-state index >= 15 is 0 Å². The molecule has 1 unspecified atom stereocenters. The topological polar surface area (TPSA) is 62.4 Å². The van der Waals surface area contributed by atoms with E-state index in [1.54, 1.807) is 0 Å². The van der Waals surface area contributed by atoms with Crippen molar-refractivity contribution in [3.8, 4) is 0 Å². The Hall–Kier alpha value is -0.770. The third-order valence-electron chi connectivity index (χ3n) is 4.49. The maximum Gasteiger partial charge on any atom is 0.206 e. The molecule has 0 aliphatic heterocycles. The van der Waals surface area contributed by atoms with Gasteiger partial charge in [-0.3, -0.25) is 5.43 Å². The number of hydrogen-bond donors (Lipinski definition) is 3.